The Morgan fingerprint density at radius 2 is 1.57 bits per heavy atom. The third-order valence-electron chi connectivity index (χ3n) is 3.45. The molecular formula is C19H34O2. The molecule has 2 nitrogen and oxygen atoms in total. The van der Waals surface area contributed by atoms with Crippen molar-refractivity contribution < 1.29 is 9.53 Å². The first-order chi connectivity index (χ1) is 9.99. The first-order valence-electron chi connectivity index (χ1n) is 8.48. The summed E-state index contributed by atoms with van der Waals surface area (Å²) in [5.41, 5.74) is 0. The molecule has 0 atom stereocenters. The number of carbonyl (C=O) groups excluding carboxylic acids is 1. The largest absolute Gasteiger partial charge is 0.462 e. The normalized spacial score (nSPS) is 12.4. The fourth-order valence-corrected chi connectivity index (χ4v) is 2.32. The highest BCUT2D eigenvalue weighted by molar-refractivity contribution is 5.71. The van der Waals surface area contributed by atoms with E-state index in [0.29, 0.717) is 18.3 Å². The Kier molecular flexibility index (Phi) is 12.0. The highest BCUT2D eigenvalue weighted by Gasteiger charge is 2.21. The number of ether oxygens (including phenoxy) is 1. The average molecular weight is 294 g/mol. The molecule has 0 bridgehead atoms. The number of hydrogen-bond donors (Lipinski definition) is 0. The predicted octanol–water partition coefficient (Wildman–Crippen LogP) is 5.68. The topological polar surface area (TPSA) is 26.3 Å². The van der Waals surface area contributed by atoms with Crippen molar-refractivity contribution >= 4 is 5.97 Å². The molecule has 0 saturated heterocycles. The van der Waals surface area contributed by atoms with E-state index in [-0.39, 0.29) is 12.1 Å². The van der Waals surface area contributed by atoms with Gasteiger partial charge in [-0.25, -0.2) is 0 Å². The Balaban J connectivity index is 3.84. The minimum Gasteiger partial charge on any atom is -0.462 e. The van der Waals surface area contributed by atoms with Gasteiger partial charge in [-0.3, -0.25) is 4.79 Å². The van der Waals surface area contributed by atoms with Crippen LogP contribution in [0.15, 0.2) is 24.3 Å². The van der Waals surface area contributed by atoms with Gasteiger partial charge in [0.25, 0.3) is 0 Å². The summed E-state index contributed by atoms with van der Waals surface area (Å²) in [6.45, 7) is 10.6. The summed E-state index contributed by atoms with van der Waals surface area (Å²) >= 11 is 0. The molecule has 0 fully saturated rings. The fourth-order valence-electron chi connectivity index (χ4n) is 2.32. The Morgan fingerprint density at radius 1 is 0.952 bits per heavy atom. The maximum atomic E-state index is 11.8. The lowest BCUT2D eigenvalue weighted by atomic mass is 9.96. The summed E-state index contributed by atoms with van der Waals surface area (Å²) in [7, 11) is 0. The zero-order valence-corrected chi connectivity index (χ0v) is 14.6. The molecule has 0 aromatic carbocycles. The van der Waals surface area contributed by atoms with Crippen molar-refractivity contribution in [1.29, 1.82) is 0 Å². The molecule has 0 aromatic rings. The van der Waals surface area contributed by atoms with E-state index in [1.165, 1.54) is 19.3 Å². The van der Waals surface area contributed by atoms with Crippen LogP contribution < -0.4 is 0 Å². The van der Waals surface area contributed by atoms with Crippen LogP contribution in [0.4, 0.5) is 0 Å². The molecule has 0 heterocycles. The number of unbranched alkanes of at least 4 members (excludes halogenated alkanes) is 3. The lowest BCUT2D eigenvalue weighted by Crippen LogP contribution is -2.28. The number of rotatable bonds is 11. The van der Waals surface area contributed by atoms with Crippen molar-refractivity contribution in [2.45, 2.75) is 79.2 Å². The van der Waals surface area contributed by atoms with Gasteiger partial charge in [0, 0.05) is 0 Å². The number of carbonyl (C=O) groups is 1. The van der Waals surface area contributed by atoms with Crippen LogP contribution in [0, 0.1) is 11.8 Å². The lowest BCUT2D eigenvalue weighted by molar-refractivity contribution is -0.152. The van der Waals surface area contributed by atoms with Gasteiger partial charge in [-0.1, -0.05) is 71.8 Å². The van der Waals surface area contributed by atoms with Crippen molar-refractivity contribution in [3.63, 3.8) is 0 Å². The Hall–Kier alpha value is -1.05. The van der Waals surface area contributed by atoms with Gasteiger partial charge in [-0.2, -0.15) is 0 Å². The van der Waals surface area contributed by atoms with E-state index in [9.17, 15) is 4.79 Å². The van der Waals surface area contributed by atoms with Gasteiger partial charge < -0.3 is 4.74 Å². The van der Waals surface area contributed by atoms with Crippen molar-refractivity contribution in [2.24, 2.45) is 11.8 Å². The quantitative estimate of drug-likeness (QED) is 0.278. The Morgan fingerprint density at radius 3 is 2.14 bits per heavy atom. The summed E-state index contributed by atoms with van der Waals surface area (Å²) in [6, 6.07) is 0. The summed E-state index contributed by atoms with van der Waals surface area (Å²) in [5.74, 6) is 0.610. The van der Waals surface area contributed by atoms with E-state index >= 15 is 0 Å². The van der Waals surface area contributed by atoms with Crippen LogP contribution in [0.2, 0.25) is 0 Å². The zero-order valence-electron chi connectivity index (χ0n) is 14.6. The first-order valence-corrected chi connectivity index (χ1v) is 8.48. The van der Waals surface area contributed by atoms with Gasteiger partial charge in [-0.05, 0) is 31.1 Å². The molecule has 21 heavy (non-hydrogen) atoms. The molecule has 0 unspecified atom stereocenters. The molecule has 0 saturated carbocycles. The Bertz CT molecular complexity index is 306. The predicted molar refractivity (Wildman–Crippen MR) is 91.2 cm³/mol. The minimum atomic E-state index is -0.120. The molecule has 0 aromatic heterocycles. The van der Waals surface area contributed by atoms with Crippen molar-refractivity contribution in [2.75, 3.05) is 0 Å². The van der Waals surface area contributed by atoms with Crippen LogP contribution in [-0.2, 0) is 9.53 Å². The highest BCUT2D eigenvalue weighted by Crippen LogP contribution is 2.16. The molecule has 2 heteroatoms. The van der Waals surface area contributed by atoms with Gasteiger partial charge in [0.1, 0.15) is 6.10 Å². The zero-order chi connectivity index (χ0) is 16.1. The van der Waals surface area contributed by atoms with Gasteiger partial charge in [-0.15, -0.1) is 0 Å². The molecule has 0 aliphatic rings. The molecular weight excluding hydrogens is 260 g/mol. The van der Waals surface area contributed by atoms with Gasteiger partial charge in [0.2, 0.25) is 0 Å². The monoisotopic (exact) mass is 294 g/mol. The second-order valence-electron chi connectivity index (χ2n) is 6.32. The van der Waals surface area contributed by atoms with Crippen LogP contribution in [0.25, 0.3) is 0 Å². The highest BCUT2D eigenvalue weighted by atomic mass is 16.5. The van der Waals surface area contributed by atoms with Crippen molar-refractivity contribution in [1.82, 2.24) is 0 Å². The minimum absolute atomic E-state index is 0.0179. The van der Waals surface area contributed by atoms with E-state index in [4.69, 9.17) is 4.74 Å². The third-order valence-corrected chi connectivity index (χ3v) is 3.45. The van der Waals surface area contributed by atoms with Crippen LogP contribution in [0.5, 0.6) is 0 Å². The molecule has 0 aliphatic heterocycles. The van der Waals surface area contributed by atoms with Gasteiger partial charge in [0.05, 0.1) is 6.42 Å². The van der Waals surface area contributed by atoms with Crippen molar-refractivity contribution in [3.8, 4) is 0 Å². The molecule has 0 radical (unpaired) electrons. The van der Waals surface area contributed by atoms with Crippen LogP contribution in [0.1, 0.15) is 73.1 Å². The van der Waals surface area contributed by atoms with Gasteiger partial charge >= 0.3 is 5.97 Å². The van der Waals surface area contributed by atoms with Crippen LogP contribution in [0.3, 0.4) is 0 Å². The standard InChI is InChI=1S/C19H34O2/c1-6-7-8-9-10-11-12-13-14-15-18(20)21-19(16(2)3)17(4)5/h10-11,13-14,16-17,19H,6-9,12,15H2,1-5H3/b11-10-,14-13-. The summed E-state index contributed by atoms with van der Waals surface area (Å²) in [5, 5.41) is 0. The molecule has 0 rings (SSSR count). The first kappa shape index (κ1) is 19.9. The molecule has 0 spiro atoms. The molecule has 122 valence electrons. The Labute approximate surface area is 131 Å². The molecule has 0 N–H and O–H groups in total. The number of esters is 1. The maximum Gasteiger partial charge on any atom is 0.309 e. The second kappa shape index (κ2) is 12.7. The number of hydrogen-bond acceptors (Lipinski definition) is 2. The third kappa shape index (κ3) is 11.3. The summed E-state index contributed by atoms with van der Waals surface area (Å²) < 4.78 is 5.54. The summed E-state index contributed by atoms with van der Waals surface area (Å²) in [4.78, 5) is 11.8. The van der Waals surface area contributed by atoms with E-state index in [2.05, 4.69) is 46.8 Å². The smallest absolute Gasteiger partial charge is 0.309 e. The second-order valence-corrected chi connectivity index (χ2v) is 6.32. The molecule has 0 amide bonds. The van der Waals surface area contributed by atoms with Crippen LogP contribution >= 0.6 is 0 Å². The SMILES string of the molecule is CCCCC/C=C\C/C=C\CC(=O)OC(C(C)C)C(C)C. The lowest BCUT2D eigenvalue weighted by Gasteiger charge is -2.24. The average Bonchev–Trinajstić information content (AvgIpc) is 2.42. The van der Waals surface area contributed by atoms with Crippen molar-refractivity contribution in [3.05, 3.63) is 24.3 Å². The maximum absolute atomic E-state index is 11.8. The van der Waals surface area contributed by atoms with Gasteiger partial charge in [0.15, 0.2) is 0 Å². The fraction of sp³-hybridized carbons (Fsp3) is 0.737. The van der Waals surface area contributed by atoms with E-state index in [0.717, 1.165) is 12.8 Å². The molecule has 0 aliphatic carbocycles. The summed E-state index contributed by atoms with van der Waals surface area (Å²) in [6.07, 6.45) is 14.6. The van der Waals surface area contributed by atoms with E-state index in [1.807, 2.05) is 12.2 Å². The van der Waals surface area contributed by atoms with Crippen LogP contribution in [-0.4, -0.2) is 12.1 Å². The number of allylic oxidation sites excluding steroid dienone is 3. The van der Waals surface area contributed by atoms with E-state index < -0.39 is 0 Å². The van der Waals surface area contributed by atoms with E-state index in [1.54, 1.807) is 0 Å².